The lowest BCUT2D eigenvalue weighted by atomic mass is 10.2. The molecule has 88 valence electrons. The first-order valence-corrected chi connectivity index (χ1v) is 5.92. The highest BCUT2D eigenvalue weighted by Crippen LogP contribution is 2.14. The lowest BCUT2D eigenvalue weighted by Crippen LogP contribution is -2.12. The molecule has 0 spiro atoms. The fourth-order valence-electron chi connectivity index (χ4n) is 1.28. The Morgan fingerprint density at radius 3 is 2.65 bits per heavy atom. The molecular weight excluding hydrogens is 236 g/mol. The second-order valence-corrected chi connectivity index (χ2v) is 4.89. The van der Waals surface area contributed by atoms with Crippen LogP contribution in [-0.4, -0.2) is 21.1 Å². The van der Waals surface area contributed by atoms with E-state index in [0.717, 1.165) is 16.3 Å². The molecule has 0 atom stereocenters. The van der Waals surface area contributed by atoms with Crippen molar-refractivity contribution in [2.24, 2.45) is 0 Å². The second-order valence-electron chi connectivity index (χ2n) is 3.71. The van der Waals surface area contributed by atoms with E-state index in [2.05, 4.69) is 20.5 Å². The van der Waals surface area contributed by atoms with Crippen molar-refractivity contribution in [2.45, 2.75) is 20.8 Å². The summed E-state index contributed by atoms with van der Waals surface area (Å²) in [7, 11) is 0. The van der Waals surface area contributed by atoms with Gasteiger partial charge in [0.15, 0.2) is 0 Å². The summed E-state index contributed by atoms with van der Waals surface area (Å²) in [4.78, 5) is 16.0. The minimum Gasteiger partial charge on any atom is -0.318 e. The van der Waals surface area contributed by atoms with E-state index in [9.17, 15) is 4.79 Å². The summed E-state index contributed by atoms with van der Waals surface area (Å²) < 4.78 is 0. The quantitative estimate of drug-likeness (QED) is 0.883. The molecule has 2 rings (SSSR count). The van der Waals surface area contributed by atoms with Crippen molar-refractivity contribution in [3.05, 3.63) is 33.5 Å². The Morgan fingerprint density at radius 2 is 2.06 bits per heavy atom. The average Bonchev–Trinajstić information content (AvgIpc) is 2.70. The molecule has 6 heteroatoms. The molecule has 5 nitrogen and oxygen atoms in total. The summed E-state index contributed by atoms with van der Waals surface area (Å²) in [5.41, 5.74) is 2.66. The number of carbonyl (C=O) groups excluding carboxylic acids is 1. The van der Waals surface area contributed by atoms with Gasteiger partial charge in [0.2, 0.25) is 5.01 Å². The zero-order valence-electron chi connectivity index (χ0n) is 9.81. The predicted octanol–water partition coefficient (Wildman–Crippen LogP) is 2.11. The number of aromatic nitrogens is 3. The molecule has 2 aromatic heterocycles. The van der Waals surface area contributed by atoms with E-state index >= 15 is 0 Å². The van der Waals surface area contributed by atoms with Gasteiger partial charge in [0.05, 0.1) is 11.9 Å². The normalized spacial score (nSPS) is 10.3. The van der Waals surface area contributed by atoms with E-state index < -0.39 is 0 Å². The Balaban J connectivity index is 2.15. The summed E-state index contributed by atoms with van der Waals surface area (Å²) >= 11 is 1.27. The van der Waals surface area contributed by atoms with E-state index in [-0.39, 0.29) is 5.91 Å². The van der Waals surface area contributed by atoms with Crippen LogP contribution in [0.1, 0.15) is 26.1 Å². The first kappa shape index (κ1) is 11.7. The number of aryl methyl sites for hydroxylation is 3. The van der Waals surface area contributed by atoms with E-state index in [4.69, 9.17) is 0 Å². The number of anilines is 1. The predicted molar refractivity (Wildman–Crippen MR) is 66.3 cm³/mol. The van der Waals surface area contributed by atoms with Crippen molar-refractivity contribution in [3.63, 3.8) is 0 Å². The van der Waals surface area contributed by atoms with Crippen LogP contribution >= 0.6 is 11.3 Å². The Morgan fingerprint density at radius 1 is 1.29 bits per heavy atom. The molecule has 17 heavy (non-hydrogen) atoms. The van der Waals surface area contributed by atoms with Crippen molar-refractivity contribution >= 4 is 22.9 Å². The van der Waals surface area contributed by atoms with Gasteiger partial charge in [0.1, 0.15) is 5.01 Å². The van der Waals surface area contributed by atoms with Crippen LogP contribution in [0.15, 0.2) is 12.3 Å². The summed E-state index contributed by atoms with van der Waals surface area (Å²) in [6.45, 7) is 5.69. The van der Waals surface area contributed by atoms with Gasteiger partial charge in [0.25, 0.3) is 5.91 Å². The van der Waals surface area contributed by atoms with Crippen molar-refractivity contribution in [2.75, 3.05) is 5.32 Å². The lowest BCUT2D eigenvalue weighted by Gasteiger charge is -2.04. The highest BCUT2D eigenvalue weighted by molar-refractivity contribution is 7.13. The topological polar surface area (TPSA) is 67.8 Å². The second kappa shape index (κ2) is 4.58. The SMILES string of the molecule is Cc1nnc(C(=O)Nc2cnc(C)c(C)c2)s1. The molecule has 1 amide bonds. The van der Waals surface area contributed by atoms with E-state index in [0.29, 0.717) is 10.7 Å². The largest absolute Gasteiger partial charge is 0.318 e. The van der Waals surface area contributed by atoms with Crippen LogP contribution in [0, 0.1) is 20.8 Å². The molecule has 0 saturated heterocycles. The van der Waals surface area contributed by atoms with Crippen LogP contribution in [0.25, 0.3) is 0 Å². The minimum atomic E-state index is -0.249. The highest BCUT2D eigenvalue weighted by Gasteiger charge is 2.11. The van der Waals surface area contributed by atoms with Crippen molar-refractivity contribution in [1.82, 2.24) is 15.2 Å². The molecular formula is C11H12N4OS. The summed E-state index contributed by atoms with van der Waals surface area (Å²) in [6.07, 6.45) is 1.63. The fraction of sp³-hybridized carbons (Fsp3) is 0.273. The third-order valence-corrected chi connectivity index (χ3v) is 3.16. The van der Waals surface area contributed by atoms with Gasteiger partial charge in [-0.05, 0) is 32.4 Å². The summed E-state index contributed by atoms with van der Waals surface area (Å²) in [5.74, 6) is -0.249. The molecule has 0 aliphatic rings. The molecule has 0 radical (unpaired) electrons. The minimum absolute atomic E-state index is 0.249. The molecule has 2 aromatic rings. The fourth-order valence-corrected chi connectivity index (χ4v) is 1.87. The maximum atomic E-state index is 11.8. The van der Waals surface area contributed by atoms with Gasteiger partial charge in [-0.15, -0.1) is 10.2 Å². The zero-order chi connectivity index (χ0) is 12.4. The van der Waals surface area contributed by atoms with Gasteiger partial charge in [-0.25, -0.2) is 0 Å². The number of pyridine rings is 1. The molecule has 1 N–H and O–H groups in total. The third kappa shape index (κ3) is 2.65. The highest BCUT2D eigenvalue weighted by atomic mass is 32.1. The smallest absolute Gasteiger partial charge is 0.286 e. The lowest BCUT2D eigenvalue weighted by molar-refractivity contribution is 0.102. The van der Waals surface area contributed by atoms with Gasteiger partial charge in [-0.3, -0.25) is 9.78 Å². The van der Waals surface area contributed by atoms with Crippen molar-refractivity contribution in [1.29, 1.82) is 0 Å². The van der Waals surface area contributed by atoms with Crippen molar-refractivity contribution < 1.29 is 4.79 Å². The molecule has 0 aliphatic heterocycles. The van der Waals surface area contributed by atoms with Crippen LogP contribution < -0.4 is 5.32 Å². The first-order valence-electron chi connectivity index (χ1n) is 5.11. The molecule has 0 aliphatic carbocycles. The maximum absolute atomic E-state index is 11.8. The summed E-state index contributed by atoms with van der Waals surface area (Å²) in [5, 5.41) is 11.5. The molecule has 0 aromatic carbocycles. The molecule has 2 heterocycles. The van der Waals surface area contributed by atoms with Gasteiger partial charge >= 0.3 is 0 Å². The average molecular weight is 248 g/mol. The Labute approximate surface area is 103 Å². The number of nitrogens with zero attached hydrogens (tertiary/aromatic N) is 3. The van der Waals surface area contributed by atoms with Crippen LogP contribution in [0.5, 0.6) is 0 Å². The van der Waals surface area contributed by atoms with E-state index in [1.165, 1.54) is 11.3 Å². The van der Waals surface area contributed by atoms with Gasteiger partial charge in [-0.2, -0.15) is 0 Å². The monoisotopic (exact) mass is 248 g/mol. The number of nitrogens with one attached hydrogen (secondary N) is 1. The van der Waals surface area contributed by atoms with Crippen LogP contribution in [0.3, 0.4) is 0 Å². The van der Waals surface area contributed by atoms with Gasteiger partial charge in [-0.1, -0.05) is 11.3 Å². The number of carbonyl (C=O) groups is 1. The Kier molecular flexibility index (Phi) is 3.14. The molecule has 0 unspecified atom stereocenters. The van der Waals surface area contributed by atoms with E-state index in [1.807, 2.05) is 26.8 Å². The maximum Gasteiger partial charge on any atom is 0.286 e. The first-order chi connectivity index (χ1) is 8.06. The third-order valence-electron chi connectivity index (χ3n) is 2.32. The Hall–Kier alpha value is -1.82. The number of rotatable bonds is 2. The molecule has 0 saturated carbocycles. The van der Waals surface area contributed by atoms with Gasteiger partial charge < -0.3 is 5.32 Å². The van der Waals surface area contributed by atoms with Crippen LogP contribution in [-0.2, 0) is 0 Å². The van der Waals surface area contributed by atoms with E-state index in [1.54, 1.807) is 6.20 Å². The molecule has 0 bridgehead atoms. The standard InChI is InChI=1S/C11H12N4OS/c1-6-4-9(5-12-7(6)2)13-10(16)11-15-14-8(3)17-11/h4-5H,1-3H3,(H,13,16). The number of hydrogen-bond acceptors (Lipinski definition) is 5. The zero-order valence-corrected chi connectivity index (χ0v) is 10.6. The Bertz CT molecular complexity index is 564. The molecule has 0 fully saturated rings. The number of hydrogen-bond donors (Lipinski definition) is 1. The van der Waals surface area contributed by atoms with Crippen LogP contribution in [0.4, 0.5) is 5.69 Å². The van der Waals surface area contributed by atoms with Crippen LogP contribution in [0.2, 0.25) is 0 Å². The van der Waals surface area contributed by atoms with Gasteiger partial charge in [0, 0.05) is 5.69 Å². The van der Waals surface area contributed by atoms with Crippen molar-refractivity contribution in [3.8, 4) is 0 Å². The number of amides is 1. The summed E-state index contributed by atoms with van der Waals surface area (Å²) in [6, 6.07) is 1.88.